The Bertz CT molecular complexity index is 829. The first kappa shape index (κ1) is 13.1. The topological polar surface area (TPSA) is 80.9 Å². The average Bonchev–Trinajstić information content (AvgIpc) is 2.53. The Balaban J connectivity index is 2.23. The van der Waals surface area contributed by atoms with Crippen molar-refractivity contribution in [2.24, 2.45) is 0 Å². The maximum atomic E-state index is 11.8. The molecule has 0 aliphatic heterocycles. The number of carbonyl (C=O) groups is 1. The summed E-state index contributed by atoms with van der Waals surface area (Å²) in [5, 5.41) is 3.56. The number of rotatable bonds is 2. The van der Waals surface area contributed by atoms with E-state index in [0.717, 1.165) is 16.5 Å². The molecule has 0 spiro atoms. The molecular formula is C16H14N4O. The van der Waals surface area contributed by atoms with Gasteiger partial charge in [-0.1, -0.05) is 18.2 Å². The monoisotopic (exact) mass is 278 g/mol. The molecule has 5 heteroatoms. The number of hydrogen-bond donors (Lipinski definition) is 2. The lowest BCUT2D eigenvalue weighted by Crippen LogP contribution is -2.17. The molecule has 3 aromatic rings. The van der Waals surface area contributed by atoms with Crippen molar-refractivity contribution in [2.75, 3.05) is 12.8 Å². The second kappa shape index (κ2) is 5.20. The van der Waals surface area contributed by atoms with Crippen LogP contribution in [0.3, 0.4) is 0 Å². The molecule has 5 nitrogen and oxygen atoms in total. The number of anilines is 1. The summed E-state index contributed by atoms with van der Waals surface area (Å²) in [7, 11) is 1.60. The molecule has 0 fully saturated rings. The van der Waals surface area contributed by atoms with E-state index in [1.165, 1.54) is 0 Å². The standard InChI is InChI=1S/C16H14N4O/c1-18-16(21)10-6-7-19-14(8-10)12-9-15(17)20-13-5-3-2-4-11(12)13/h2-9H,1H3,(H2,17,20)(H,18,21). The zero-order valence-electron chi connectivity index (χ0n) is 11.5. The number of nitrogen functional groups attached to an aromatic ring is 1. The van der Waals surface area contributed by atoms with Gasteiger partial charge in [-0.15, -0.1) is 0 Å². The first-order chi connectivity index (χ1) is 10.2. The molecule has 1 aromatic carbocycles. The SMILES string of the molecule is CNC(=O)c1ccnc(-c2cc(N)nc3ccccc23)c1. The highest BCUT2D eigenvalue weighted by molar-refractivity contribution is 5.98. The number of amides is 1. The zero-order chi connectivity index (χ0) is 14.8. The van der Waals surface area contributed by atoms with Crippen molar-refractivity contribution in [2.45, 2.75) is 0 Å². The van der Waals surface area contributed by atoms with Gasteiger partial charge >= 0.3 is 0 Å². The first-order valence-corrected chi connectivity index (χ1v) is 6.53. The summed E-state index contributed by atoms with van der Waals surface area (Å²) in [5.74, 6) is 0.279. The molecule has 0 atom stereocenters. The minimum atomic E-state index is -0.148. The van der Waals surface area contributed by atoms with Crippen LogP contribution in [-0.4, -0.2) is 22.9 Å². The van der Waals surface area contributed by atoms with E-state index < -0.39 is 0 Å². The summed E-state index contributed by atoms with van der Waals surface area (Å²) in [6, 6.07) is 12.9. The smallest absolute Gasteiger partial charge is 0.251 e. The van der Waals surface area contributed by atoms with E-state index >= 15 is 0 Å². The van der Waals surface area contributed by atoms with Crippen molar-refractivity contribution in [1.29, 1.82) is 0 Å². The van der Waals surface area contributed by atoms with Gasteiger partial charge in [0.2, 0.25) is 0 Å². The summed E-state index contributed by atoms with van der Waals surface area (Å²) < 4.78 is 0. The Morgan fingerprint density at radius 3 is 2.81 bits per heavy atom. The highest BCUT2D eigenvalue weighted by Crippen LogP contribution is 2.28. The van der Waals surface area contributed by atoms with Crippen LogP contribution in [0.25, 0.3) is 22.2 Å². The summed E-state index contributed by atoms with van der Waals surface area (Å²) in [5.41, 5.74) is 8.79. The third kappa shape index (κ3) is 2.41. The van der Waals surface area contributed by atoms with Gasteiger partial charge in [0.25, 0.3) is 5.91 Å². The second-order valence-electron chi connectivity index (χ2n) is 4.62. The Labute approximate surface area is 121 Å². The number of aromatic nitrogens is 2. The van der Waals surface area contributed by atoms with Gasteiger partial charge in [-0.05, 0) is 24.3 Å². The van der Waals surface area contributed by atoms with Crippen LogP contribution >= 0.6 is 0 Å². The molecule has 3 rings (SSSR count). The number of pyridine rings is 2. The van der Waals surface area contributed by atoms with E-state index in [2.05, 4.69) is 15.3 Å². The summed E-state index contributed by atoms with van der Waals surface area (Å²) in [6.07, 6.45) is 1.62. The molecule has 0 radical (unpaired) electrons. The molecule has 0 saturated heterocycles. The molecule has 2 aromatic heterocycles. The summed E-state index contributed by atoms with van der Waals surface area (Å²) in [4.78, 5) is 20.4. The number of benzene rings is 1. The number of para-hydroxylation sites is 1. The van der Waals surface area contributed by atoms with Crippen molar-refractivity contribution in [3.8, 4) is 11.3 Å². The van der Waals surface area contributed by atoms with Gasteiger partial charge in [0.05, 0.1) is 11.2 Å². The fourth-order valence-corrected chi connectivity index (χ4v) is 2.27. The van der Waals surface area contributed by atoms with E-state index in [1.807, 2.05) is 24.3 Å². The molecule has 0 aliphatic carbocycles. The molecule has 0 aliphatic rings. The fourth-order valence-electron chi connectivity index (χ4n) is 2.27. The van der Waals surface area contributed by atoms with Crippen molar-refractivity contribution < 1.29 is 4.79 Å². The predicted molar refractivity (Wildman–Crippen MR) is 82.8 cm³/mol. The highest BCUT2D eigenvalue weighted by atomic mass is 16.1. The number of nitrogens with zero attached hydrogens (tertiary/aromatic N) is 2. The van der Waals surface area contributed by atoms with Crippen LogP contribution in [0.2, 0.25) is 0 Å². The lowest BCUT2D eigenvalue weighted by atomic mass is 10.0. The van der Waals surface area contributed by atoms with Gasteiger partial charge in [0, 0.05) is 29.8 Å². The van der Waals surface area contributed by atoms with E-state index in [4.69, 9.17) is 5.73 Å². The summed E-state index contributed by atoms with van der Waals surface area (Å²) >= 11 is 0. The van der Waals surface area contributed by atoms with Gasteiger partial charge in [-0.3, -0.25) is 9.78 Å². The first-order valence-electron chi connectivity index (χ1n) is 6.53. The third-order valence-corrected chi connectivity index (χ3v) is 3.26. The fraction of sp³-hybridized carbons (Fsp3) is 0.0625. The average molecular weight is 278 g/mol. The van der Waals surface area contributed by atoms with E-state index in [-0.39, 0.29) is 5.91 Å². The van der Waals surface area contributed by atoms with Crippen LogP contribution in [-0.2, 0) is 0 Å². The quantitative estimate of drug-likeness (QED) is 0.753. The van der Waals surface area contributed by atoms with Crippen LogP contribution in [0.1, 0.15) is 10.4 Å². The number of carbonyl (C=O) groups excluding carboxylic acids is 1. The molecule has 0 saturated carbocycles. The van der Waals surface area contributed by atoms with Crippen molar-refractivity contribution in [3.63, 3.8) is 0 Å². The second-order valence-corrected chi connectivity index (χ2v) is 4.62. The molecule has 1 amide bonds. The van der Waals surface area contributed by atoms with E-state index in [9.17, 15) is 4.79 Å². The molecule has 2 heterocycles. The minimum absolute atomic E-state index is 0.148. The van der Waals surface area contributed by atoms with Crippen LogP contribution in [0.15, 0.2) is 48.7 Å². The lowest BCUT2D eigenvalue weighted by Gasteiger charge is -2.08. The van der Waals surface area contributed by atoms with Crippen molar-refractivity contribution >= 4 is 22.6 Å². The normalized spacial score (nSPS) is 10.5. The van der Waals surface area contributed by atoms with Gasteiger partial charge < -0.3 is 11.1 Å². The van der Waals surface area contributed by atoms with Gasteiger partial charge in [-0.25, -0.2) is 4.98 Å². The van der Waals surface area contributed by atoms with Crippen LogP contribution in [0.5, 0.6) is 0 Å². The van der Waals surface area contributed by atoms with Crippen molar-refractivity contribution in [1.82, 2.24) is 15.3 Å². The highest BCUT2D eigenvalue weighted by Gasteiger charge is 2.10. The maximum absolute atomic E-state index is 11.8. The number of nitrogens with two attached hydrogens (primary N) is 1. The minimum Gasteiger partial charge on any atom is -0.384 e. The van der Waals surface area contributed by atoms with Crippen molar-refractivity contribution in [3.05, 3.63) is 54.2 Å². The van der Waals surface area contributed by atoms with Gasteiger partial charge in [-0.2, -0.15) is 0 Å². The molecular weight excluding hydrogens is 264 g/mol. The Morgan fingerprint density at radius 2 is 2.00 bits per heavy atom. The number of nitrogens with one attached hydrogen (secondary N) is 1. The Hall–Kier alpha value is -2.95. The van der Waals surface area contributed by atoms with Gasteiger partial charge in [0.15, 0.2) is 0 Å². The molecule has 0 unspecified atom stereocenters. The zero-order valence-corrected chi connectivity index (χ0v) is 11.5. The van der Waals surface area contributed by atoms with E-state index in [1.54, 1.807) is 31.4 Å². The number of fused-ring (bicyclic) bond motifs is 1. The molecule has 104 valence electrons. The van der Waals surface area contributed by atoms with Crippen LogP contribution in [0.4, 0.5) is 5.82 Å². The lowest BCUT2D eigenvalue weighted by molar-refractivity contribution is 0.0963. The molecule has 3 N–H and O–H groups in total. The van der Waals surface area contributed by atoms with Crippen LogP contribution < -0.4 is 11.1 Å². The van der Waals surface area contributed by atoms with Gasteiger partial charge in [0.1, 0.15) is 5.82 Å². The molecule has 0 bridgehead atoms. The Morgan fingerprint density at radius 1 is 1.19 bits per heavy atom. The Kier molecular flexibility index (Phi) is 3.23. The largest absolute Gasteiger partial charge is 0.384 e. The third-order valence-electron chi connectivity index (χ3n) is 3.26. The predicted octanol–water partition coefficient (Wildman–Crippen LogP) is 2.24. The summed E-state index contributed by atoms with van der Waals surface area (Å²) in [6.45, 7) is 0. The number of hydrogen-bond acceptors (Lipinski definition) is 4. The van der Waals surface area contributed by atoms with E-state index in [0.29, 0.717) is 17.1 Å². The maximum Gasteiger partial charge on any atom is 0.251 e. The van der Waals surface area contributed by atoms with Crippen LogP contribution in [0, 0.1) is 0 Å². The molecule has 21 heavy (non-hydrogen) atoms.